The van der Waals surface area contributed by atoms with Gasteiger partial charge in [-0.05, 0) is 48.0 Å². The number of carbonyl (C=O) groups excluding carboxylic acids is 1. The number of esters is 1. The zero-order valence-electron chi connectivity index (χ0n) is 14.8. The third-order valence-corrected chi connectivity index (χ3v) is 3.85. The number of hydrogen-bond donors (Lipinski definition) is 1. The van der Waals surface area contributed by atoms with Crippen LogP contribution in [0.15, 0.2) is 48.5 Å². The molecule has 26 heavy (non-hydrogen) atoms. The topological polar surface area (TPSA) is 81.9 Å². The number of aromatic nitrogens is 4. The fourth-order valence-corrected chi connectivity index (χ4v) is 2.48. The summed E-state index contributed by atoms with van der Waals surface area (Å²) >= 11 is 0. The van der Waals surface area contributed by atoms with E-state index in [1.807, 2.05) is 50.2 Å². The lowest BCUT2D eigenvalue weighted by Gasteiger charge is -2.12. The molecule has 1 heterocycles. The molecule has 3 aromatic rings. The van der Waals surface area contributed by atoms with E-state index in [9.17, 15) is 4.79 Å². The highest BCUT2D eigenvalue weighted by atomic mass is 16.5. The van der Waals surface area contributed by atoms with Gasteiger partial charge in [-0.2, -0.15) is 0 Å². The minimum atomic E-state index is -0.425. The lowest BCUT2D eigenvalue weighted by Crippen LogP contribution is -2.12. The van der Waals surface area contributed by atoms with Crippen LogP contribution >= 0.6 is 0 Å². The van der Waals surface area contributed by atoms with Gasteiger partial charge in [-0.1, -0.05) is 36.8 Å². The number of aryl methyl sites for hydroxylation is 2. The van der Waals surface area contributed by atoms with Gasteiger partial charge in [0.15, 0.2) is 12.4 Å². The molecule has 7 heteroatoms. The second kappa shape index (κ2) is 8.24. The molecular weight excluding hydrogens is 330 g/mol. The van der Waals surface area contributed by atoms with E-state index < -0.39 is 5.97 Å². The Morgan fingerprint density at radius 2 is 1.92 bits per heavy atom. The summed E-state index contributed by atoms with van der Waals surface area (Å²) in [5.41, 5.74) is 3.23. The number of rotatable bonds is 7. The van der Waals surface area contributed by atoms with Gasteiger partial charge in [0.1, 0.15) is 0 Å². The molecule has 134 valence electrons. The van der Waals surface area contributed by atoms with E-state index in [0.29, 0.717) is 23.6 Å². The van der Waals surface area contributed by atoms with Crippen LogP contribution in [0.1, 0.15) is 35.1 Å². The minimum Gasteiger partial charge on any atom is -0.454 e. The van der Waals surface area contributed by atoms with Crippen LogP contribution in [0.5, 0.6) is 0 Å². The Kier molecular flexibility index (Phi) is 5.58. The molecule has 0 atom stereocenters. The number of carbonyl (C=O) groups is 1. The monoisotopic (exact) mass is 351 g/mol. The van der Waals surface area contributed by atoms with Crippen molar-refractivity contribution in [3.05, 3.63) is 65.5 Å². The van der Waals surface area contributed by atoms with Crippen molar-refractivity contribution < 1.29 is 9.53 Å². The predicted molar refractivity (Wildman–Crippen MR) is 98.1 cm³/mol. The van der Waals surface area contributed by atoms with Crippen molar-refractivity contribution in [2.24, 2.45) is 0 Å². The van der Waals surface area contributed by atoms with Crippen molar-refractivity contribution in [2.75, 3.05) is 5.32 Å². The van der Waals surface area contributed by atoms with Crippen LogP contribution in [-0.4, -0.2) is 26.2 Å². The summed E-state index contributed by atoms with van der Waals surface area (Å²) in [6.45, 7) is 4.78. The van der Waals surface area contributed by atoms with E-state index in [2.05, 4.69) is 20.8 Å². The zero-order valence-corrected chi connectivity index (χ0v) is 14.8. The first-order valence-electron chi connectivity index (χ1n) is 8.52. The SMILES string of the molecule is CCCn1nnnc1COC(=O)c1ccccc1Nc1ccc(C)cc1. The molecule has 0 aliphatic rings. The van der Waals surface area contributed by atoms with Gasteiger partial charge in [-0.15, -0.1) is 5.10 Å². The highest BCUT2D eigenvalue weighted by Gasteiger charge is 2.15. The van der Waals surface area contributed by atoms with Crippen molar-refractivity contribution in [2.45, 2.75) is 33.4 Å². The molecular formula is C19H21N5O2. The zero-order chi connectivity index (χ0) is 18.4. The van der Waals surface area contributed by atoms with Crippen LogP contribution in [-0.2, 0) is 17.9 Å². The molecule has 0 aliphatic heterocycles. The highest BCUT2D eigenvalue weighted by Crippen LogP contribution is 2.22. The Balaban J connectivity index is 1.71. The largest absolute Gasteiger partial charge is 0.454 e. The summed E-state index contributed by atoms with van der Waals surface area (Å²) in [4.78, 5) is 12.5. The molecule has 0 fully saturated rings. The Morgan fingerprint density at radius 1 is 1.15 bits per heavy atom. The van der Waals surface area contributed by atoms with Gasteiger partial charge in [-0.25, -0.2) is 9.48 Å². The Hall–Kier alpha value is -3.22. The number of tetrazole rings is 1. The molecule has 0 radical (unpaired) electrons. The maximum atomic E-state index is 12.5. The van der Waals surface area contributed by atoms with Crippen LogP contribution in [0.2, 0.25) is 0 Å². The molecule has 1 aromatic heterocycles. The van der Waals surface area contributed by atoms with Crippen molar-refractivity contribution in [3.8, 4) is 0 Å². The molecule has 0 aliphatic carbocycles. The van der Waals surface area contributed by atoms with Crippen LogP contribution < -0.4 is 5.32 Å². The summed E-state index contributed by atoms with van der Waals surface area (Å²) in [6.07, 6.45) is 0.898. The fraction of sp³-hybridized carbons (Fsp3) is 0.263. The summed E-state index contributed by atoms with van der Waals surface area (Å²) in [6, 6.07) is 15.2. The molecule has 3 rings (SSSR count). The lowest BCUT2D eigenvalue weighted by atomic mass is 10.1. The lowest BCUT2D eigenvalue weighted by molar-refractivity contribution is 0.0457. The fourth-order valence-electron chi connectivity index (χ4n) is 2.48. The summed E-state index contributed by atoms with van der Waals surface area (Å²) in [7, 11) is 0. The van der Waals surface area contributed by atoms with E-state index in [1.54, 1.807) is 16.8 Å². The first kappa shape index (κ1) is 17.6. The van der Waals surface area contributed by atoms with Crippen molar-refractivity contribution in [1.82, 2.24) is 20.2 Å². The van der Waals surface area contributed by atoms with Crippen LogP contribution in [0.4, 0.5) is 11.4 Å². The van der Waals surface area contributed by atoms with Gasteiger partial charge in [-0.3, -0.25) is 0 Å². The van der Waals surface area contributed by atoms with Gasteiger partial charge in [0.2, 0.25) is 0 Å². The number of nitrogens with zero attached hydrogens (tertiary/aromatic N) is 4. The van der Waals surface area contributed by atoms with E-state index in [4.69, 9.17) is 4.74 Å². The van der Waals surface area contributed by atoms with Gasteiger partial charge >= 0.3 is 5.97 Å². The van der Waals surface area contributed by atoms with Crippen LogP contribution in [0.25, 0.3) is 0 Å². The van der Waals surface area contributed by atoms with Crippen molar-refractivity contribution in [3.63, 3.8) is 0 Å². The van der Waals surface area contributed by atoms with Gasteiger partial charge in [0.05, 0.1) is 11.3 Å². The second-order valence-electron chi connectivity index (χ2n) is 5.93. The highest BCUT2D eigenvalue weighted by molar-refractivity contribution is 5.96. The average Bonchev–Trinajstić information content (AvgIpc) is 3.10. The van der Waals surface area contributed by atoms with Gasteiger partial charge in [0, 0.05) is 12.2 Å². The number of hydrogen-bond acceptors (Lipinski definition) is 6. The molecule has 0 bridgehead atoms. The van der Waals surface area contributed by atoms with E-state index in [0.717, 1.165) is 12.1 Å². The maximum absolute atomic E-state index is 12.5. The molecule has 0 saturated carbocycles. The van der Waals surface area contributed by atoms with Crippen LogP contribution in [0, 0.1) is 6.92 Å². The number of anilines is 2. The number of benzene rings is 2. The quantitative estimate of drug-likeness (QED) is 0.656. The normalized spacial score (nSPS) is 10.5. The molecule has 0 amide bonds. The molecule has 2 aromatic carbocycles. The third kappa shape index (κ3) is 4.24. The smallest absolute Gasteiger partial charge is 0.340 e. The summed E-state index contributed by atoms with van der Waals surface area (Å²) in [5, 5.41) is 14.7. The van der Waals surface area contributed by atoms with Gasteiger partial charge in [0.25, 0.3) is 0 Å². The Bertz CT molecular complexity index is 874. The number of nitrogens with one attached hydrogen (secondary N) is 1. The predicted octanol–water partition coefficient (Wildman–Crippen LogP) is 3.49. The van der Waals surface area contributed by atoms with E-state index >= 15 is 0 Å². The Morgan fingerprint density at radius 3 is 2.69 bits per heavy atom. The second-order valence-corrected chi connectivity index (χ2v) is 5.93. The number of para-hydroxylation sites is 1. The van der Waals surface area contributed by atoms with Crippen LogP contribution in [0.3, 0.4) is 0 Å². The minimum absolute atomic E-state index is 0.0324. The number of ether oxygens (including phenoxy) is 1. The molecule has 0 unspecified atom stereocenters. The maximum Gasteiger partial charge on any atom is 0.340 e. The average molecular weight is 351 g/mol. The first-order valence-corrected chi connectivity index (χ1v) is 8.52. The van der Waals surface area contributed by atoms with Crippen molar-refractivity contribution in [1.29, 1.82) is 0 Å². The Labute approximate surface area is 152 Å². The van der Waals surface area contributed by atoms with E-state index in [-0.39, 0.29) is 6.61 Å². The summed E-state index contributed by atoms with van der Waals surface area (Å²) < 4.78 is 7.06. The first-order chi connectivity index (χ1) is 12.7. The molecule has 0 saturated heterocycles. The third-order valence-electron chi connectivity index (χ3n) is 3.85. The molecule has 7 nitrogen and oxygen atoms in total. The standard InChI is InChI=1S/C19H21N5O2/c1-3-12-24-18(21-22-23-24)13-26-19(25)16-6-4-5-7-17(16)20-15-10-8-14(2)9-11-15/h4-11,20H,3,12-13H2,1-2H3. The molecule has 0 spiro atoms. The van der Waals surface area contributed by atoms with E-state index in [1.165, 1.54) is 5.56 Å². The van der Waals surface area contributed by atoms with Crippen molar-refractivity contribution >= 4 is 17.3 Å². The molecule has 1 N–H and O–H groups in total. The van der Waals surface area contributed by atoms with Gasteiger partial charge < -0.3 is 10.1 Å². The summed E-state index contributed by atoms with van der Waals surface area (Å²) in [5.74, 6) is 0.107.